The molecule has 1 atom stereocenters. The van der Waals surface area contributed by atoms with Crippen molar-refractivity contribution in [3.63, 3.8) is 0 Å². The number of carbonyl (C=O) groups is 1. The molecular formula is C19H26ClN3O3S. The predicted molar refractivity (Wildman–Crippen MR) is 109 cm³/mol. The van der Waals surface area contributed by atoms with Gasteiger partial charge in [0.05, 0.1) is 4.90 Å². The van der Waals surface area contributed by atoms with Gasteiger partial charge < -0.3 is 11.1 Å². The summed E-state index contributed by atoms with van der Waals surface area (Å²) in [6, 6.07) is 14.8. The third-order valence-corrected chi connectivity index (χ3v) is 5.46. The third-order valence-electron chi connectivity index (χ3n) is 3.60. The van der Waals surface area contributed by atoms with Crippen molar-refractivity contribution < 1.29 is 13.2 Å². The Hall–Kier alpha value is -1.93. The van der Waals surface area contributed by atoms with Crippen LogP contribution in [-0.4, -0.2) is 19.9 Å². The van der Waals surface area contributed by atoms with Crippen molar-refractivity contribution in [2.24, 2.45) is 5.73 Å². The molecule has 0 aliphatic heterocycles. The van der Waals surface area contributed by atoms with Crippen LogP contribution in [0.25, 0.3) is 0 Å². The number of hydrogen-bond donors (Lipinski definition) is 3. The van der Waals surface area contributed by atoms with Gasteiger partial charge in [0.2, 0.25) is 15.9 Å². The molecule has 0 spiro atoms. The van der Waals surface area contributed by atoms with Crippen LogP contribution in [0.4, 0.5) is 0 Å². The molecule has 0 saturated carbocycles. The summed E-state index contributed by atoms with van der Waals surface area (Å²) in [5.74, 6) is -0.368. The van der Waals surface area contributed by atoms with E-state index >= 15 is 0 Å². The van der Waals surface area contributed by atoms with Crippen LogP contribution in [-0.2, 0) is 21.4 Å². The van der Waals surface area contributed by atoms with E-state index in [0.29, 0.717) is 11.1 Å². The van der Waals surface area contributed by atoms with Crippen LogP contribution < -0.4 is 15.8 Å². The molecular weight excluding hydrogens is 386 g/mol. The minimum atomic E-state index is -3.70. The van der Waals surface area contributed by atoms with E-state index in [9.17, 15) is 13.2 Å². The van der Waals surface area contributed by atoms with Crippen molar-refractivity contribution in [3.8, 4) is 0 Å². The quantitative estimate of drug-likeness (QED) is 0.679. The van der Waals surface area contributed by atoms with Gasteiger partial charge in [0, 0.05) is 12.1 Å². The second-order valence-electron chi connectivity index (χ2n) is 7.07. The average molecular weight is 412 g/mol. The fourth-order valence-electron chi connectivity index (χ4n) is 2.47. The molecule has 1 unspecified atom stereocenters. The second kappa shape index (κ2) is 9.32. The summed E-state index contributed by atoms with van der Waals surface area (Å²) in [4.78, 5) is 12.4. The third kappa shape index (κ3) is 6.62. The number of rotatable bonds is 6. The maximum Gasteiger partial charge on any atom is 0.241 e. The van der Waals surface area contributed by atoms with E-state index in [0.717, 1.165) is 0 Å². The van der Waals surface area contributed by atoms with Crippen LogP contribution >= 0.6 is 12.4 Å². The maximum atomic E-state index is 12.6. The van der Waals surface area contributed by atoms with Crippen molar-refractivity contribution in [3.05, 3.63) is 65.7 Å². The topological polar surface area (TPSA) is 101 Å². The molecule has 0 aliphatic rings. The Morgan fingerprint density at radius 1 is 1.04 bits per heavy atom. The Morgan fingerprint density at radius 3 is 2.19 bits per heavy atom. The monoisotopic (exact) mass is 411 g/mol. The zero-order valence-corrected chi connectivity index (χ0v) is 17.2. The van der Waals surface area contributed by atoms with E-state index in [1.807, 2.05) is 18.2 Å². The number of nitrogens with two attached hydrogens (primary N) is 1. The lowest BCUT2D eigenvalue weighted by Gasteiger charge is -2.22. The Balaban J connectivity index is 0.00000364. The van der Waals surface area contributed by atoms with Crippen molar-refractivity contribution in [1.29, 1.82) is 0 Å². The summed E-state index contributed by atoms with van der Waals surface area (Å²) >= 11 is 0. The normalized spacial score (nSPS) is 12.7. The number of carbonyl (C=O) groups excluding carboxylic acids is 1. The van der Waals surface area contributed by atoms with Crippen LogP contribution in [0, 0.1) is 0 Å². The van der Waals surface area contributed by atoms with Gasteiger partial charge in [0.25, 0.3) is 0 Å². The van der Waals surface area contributed by atoms with Crippen LogP contribution in [0.3, 0.4) is 0 Å². The van der Waals surface area contributed by atoms with Crippen LogP contribution in [0.2, 0.25) is 0 Å². The highest BCUT2D eigenvalue weighted by Gasteiger charge is 2.24. The molecule has 0 saturated heterocycles. The molecule has 148 valence electrons. The van der Waals surface area contributed by atoms with E-state index < -0.39 is 21.6 Å². The number of amides is 1. The standard InChI is InChI=1S/C19H25N3O3S.ClH/c1-19(2,3)22-26(24,25)16-12-8-7-11-15(16)13-21-18(23)17(20)14-9-5-4-6-10-14;/h4-12,17,22H,13,20H2,1-3H3,(H,21,23);1H. The summed E-state index contributed by atoms with van der Waals surface area (Å²) in [5, 5.41) is 2.72. The lowest BCUT2D eigenvalue weighted by atomic mass is 10.1. The molecule has 0 aromatic heterocycles. The summed E-state index contributed by atoms with van der Waals surface area (Å²) in [5.41, 5.74) is 6.55. The van der Waals surface area contributed by atoms with Crippen LogP contribution in [0.1, 0.15) is 37.9 Å². The zero-order valence-electron chi connectivity index (χ0n) is 15.6. The smallest absolute Gasteiger partial charge is 0.241 e. The largest absolute Gasteiger partial charge is 0.350 e. The van der Waals surface area contributed by atoms with Gasteiger partial charge in [-0.2, -0.15) is 0 Å². The van der Waals surface area contributed by atoms with Crippen molar-refractivity contribution in [2.45, 2.75) is 43.8 Å². The molecule has 0 fully saturated rings. The summed E-state index contributed by atoms with van der Waals surface area (Å²) in [6.07, 6.45) is 0. The summed E-state index contributed by atoms with van der Waals surface area (Å²) in [6.45, 7) is 5.38. The molecule has 1 amide bonds. The predicted octanol–water partition coefficient (Wildman–Crippen LogP) is 2.50. The number of halogens is 1. The minimum Gasteiger partial charge on any atom is -0.350 e. The Kier molecular flexibility index (Phi) is 7.98. The van der Waals surface area contributed by atoms with Gasteiger partial charge in [-0.25, -0.2) is 13.1 Å². The lowest BCUT2D eigenvalue weighted by molar-refractivity contribution is -0.122. The molecule has 8 heteroatoms. The van der Waals surface area contributed by atoms with Gasteiger partial charge in [-0.3, -0.25) is 4.79 Å². The zero-order chi connectivity index (χ0) is 19.4. The SMILES string of the molecule is CC(C)(C)NS(=O)(=O)c1ccccc1CNC(=O)C(N)c1ccccc1.Cl. The summed E-state index contributed by atoms with van der Waals surface area (Å²) < 4.78 is 27.9. The molecule has 0 bridgehead atoms. The second-order valence-corrected chi connectivity index (χ2v) is 8.72. The molecule has 2 aromatic rings. The van der Waals surface area contributed by atoms with E-state index in [1.54, 1.807) is 51.1 Å². The first-order valence-electron chi connectivity index (χ1n) is 8.30. The first-order valence-corrected chi connectivity index (χ1v) is 9.78. The molecule has 27 heavy (non-hydrogen) atoms. The highest BCUT2D eigenvalue weighted by Crippen LogP contribution is 2.18. The Morgan fingerprint density at radius 2 is 1.59 bits per heavy atom. The van der Waals surface area contributed by atoms with Gasteiger partial charge in [0.15, 0.2) is 0 Å². The van der Waals surface area contributed by atoms with Gasteiger partial charge >= 0.3 is 0 Å². The molecule has 0 aliphatic carbocycles. The van der Waals surface area contributed by atoms with E-state index in [4.69, 9.17) is 5.73 Å². The van der Waals surface area contributed by atoms with Crippen molar-refractivity contribution >= 4 is 28.3 Å². The molecule has 0 radical (unpaired) electrons. The Bertz CT molecular complexity index is 865. The molecule has 6 nitrogen and oxygen atoms in total. The molecule has 2 aromatic carbocycles. The maximum absolute atomic E-state index is 12.6. The van der Waals surface area contributed by atoms with E-state index in [2.05, 4.69) is 10.0 Å². The van der Waals surface area contributed by atoms with Crippen molar-refractivity contribution in [1.82, 2.24) is 10.0 Å². The fraction of sp³-hybridized carbons (Fsp3) is 0.316. The Labute approximate surface area is 167 Å². The highest BCUT2D eigenvalue weighted by molar-refractivity contribution is 7.89. The number of nitrogens with one attached hydrogen (secondary N) is 2. The fourth-order valence-corrected chi connectivity index (χ4v) is 4.13. The van der Waals surface area contributed by atoms with Gasteiger partial charge in [-0.05, 0) is 38.0 Å². The minimum absolute atomic E-state index is 0. The molecule has 2 rings (SSSR count). The number of sulfonamides is 1. The van der Waals surface area contributed by atoms with Crippen LogP contribution in [0.5, 0.6) is 0 Å². The number of benzene rings is 2. The molecule has 4 N–H and O–H groups in total. The first kappa shape index (κ1) is 23.1. The van der Waals surface area contributed by atoms with Gasteiger partial charge in [0.1, 0.15) is 6.04 Å². The van der Waals surface area contributed by atoms with Crippen molar-refractivity contribution in [2.75, 3.05) is 0 Å². The van der Waals surface area contributed by atoms with E-state index in [1.165, 1.54) is 6.07 Å². The lowest BCUT2D eigenvalue weighted by Crippen LogP contribution is -2.41. The summed E-state index contributed by atoms with van der Waals surface area (Å²) in [7, 11) is -3.70. The van der Waals surface area contributed by atoms with Gasteiger partial charge in [-0.15, -0.1) is 12.4 Å². The van der Waals surface area contributed by atoms with Crippen LogP contribution in [0.15, 0.2) is 59.5 Å². The average Bonchev–Trinajstić information content (AvgIpc) is 2.58. The van der Waals surface area contributed by atoms with Gasteiger partial charge in [-0.1, -0.05) is 48.5 Å². The first-order chi connectivity index (χ1) is 12.1. The highest BCUT2D eigenvalue weighted by atomic mass is 35.5. The number of hydrogen-bond acceptors (Lipinski definition) is 4. The molecule has 0 heterocycles. The van der Waals surface area contributed by atoms with E-state index in [-0.39, 0.29) is 29.8 Å².